The van der Waals surface area contributed by atoms with Gasteiger partial charge >= 0.3 is 0 Å². The zero-order valence-corrected chi connectivity index (χ0v) is 16.6. The molecular formula is C21H25Cl2NO2. The standard InChI is InChI=1S/C21H25Cl2NO2/c1-2-15-26-20-11-4-3-7-16(20)8-6-14-24-21(25)13-12-17-18(22)9-5-10-19(17)23/h3-5,7,9-11H,2,6,8,12-15H2,1H3,(H,24,25). The van der Waals surface area contributed by atoms with E-state index >= 15 is 0 Å². The van der Waals surface area contributed by atoms with Crippen LogP contribution in [0, 0.1) is 0 Å². The summed E-state index contributed by atoms with van der Waals surface area (Å²) < 4.78 is 5.76. The molecule has 5 heteroatoms. The highest BCUT2D eigenvalue weighted by molar-refractivity contribution is 6.36. The Morgan fingerprint density at radius 3 is 2.50 bits per heavy atom. The minimum absolute atomic E-state index is 0.0107. The Morgan fingerprint density at radius 1 is 1.04 bits per heavy atom. The maximum Gasteiger partial charge on any atom is 0.220 e. The van der Waals surface area contributed by atoms with Gasteiger partial charge in [0.1, 0.15) is 5.75 Å². The van der Waals surface area contributed by atoms with Crippen molar-refractivity contribution in [3.05, 3.63) is 63.6 Å². The summed E-state index contributed by atoms with van der Waals surface area (Å²) in [6.07, 6.45) is 3.64. The monoisotopic (exact) mass is 393 g/mol. The molecular weight excluding hydrogens is 369 g/mol. The van der Waals surface area contributed by atoms with E-state index in [-0.39, 0.29) is 5.91 Å². The Balaban J connectivity index is 1.72. The van der Waals surface area contributed by atoms with E-state index in [9.17, 15) is 4.79 Å². The van der Waals surface area contributed by atoms with Crippen molar-refractivity contribution in [3.8, 4) is 5.75 Å². The quantitative estimate of drug-likeness (QED) is 0.543. The second-order valence-corrected chi connectivity index (χ2v) is 6.92. The molecule has 1 N–H and O–H groups in total. The Labute approximate surface area is 165 Å². The number of carbonyl (C=O) groups excluding carboxylic acids is 1. The van der Waals surface area contributed by atoms with Crippen LogP contribution in [0.5, 0.6) is 5.75 Å². The van der Waals surface area contributed by atoms with Crippen LogP contribution in [-0.4, -0.2) is 19.1 Å². The van der Waals surface area contributed by atoms with E-state index in [0.29, 0.717) is 29.4 Å². The predicted molar refractivity (Wildman–Crippen MR) is 108 cm³/mol. The predicted octanol–water partition coefficient (Wildman–Crippen LogP) is 5.46. The number of rotatable bonds is 10. The first kappa shape index (κ1) is 20.6. The van der Waals surface area contributed by atoms with E-state index in [0.717, 1.165) is 37.2 Å². The minimum Gasteiger partial charge on any atom is -0.493 e. The molecule has 2 aromatic carbocycles. The van der Waals surface area contributed by atoms with Crippen molar-refractivity contribution in [3.63, 3.8) is 0 Å². The van der Waals surface area contributed by atoms with Crippen LogP contribution in [0.4, 0.5) is 0 Å². The number of aryl methyl sites for hydroxylation is 1. The summed E-state index contributed by atoms with van der Waals surface area (Å²) >= 11 is 12.3. The topological polar surface area (TPSA) is 38.3 Å². The molecule has 26 heavy (non-hydrogen) atoms. The third-order valence-corrected chi connectivity index (χ3v) is 4.75. The van der Waals surface area contributed by atoms with E-state index in [1.165, 1.54) is 5.56 Å². The fraction of sp³-hybridized carbons (Fsp3) is 0.381. The fourth-order valence-corrected chi connectivity index (χ4v) is 3.25. The van der Waals surface area contributed by atoms with Gasteiger partial charge in [-0.15, -0.1) is 0 Å². The van der Waals surface area contributed by atoms with E-state index < -0.39 is 0 Å². The van der Waals surface area contributed by atoms with Gasteiger partial charge in [-0.25, -0.2) is 0 Å². The lowest BCUT2D eigenvalue weighted by Gasteiger charge is -2.11. The van der Waals surface area contributed by atoms with Gasteiger partial charge in [-0.3, -0.25) is 4.79 Å². The Hall–Kier alpha value is -1.71. The van der Waals surface area contributed by atoms with E-state index in [4.69, 9.17) is 27.9 Å². The number of amides is 1. The van der Waals surface area contributed by atoms with Gasteiger partial charge in [-0.2, -0.15) is 0 Å². The molecule has 1 amide bonds. The van der Waals surface area contributed by atoms with Crippen LogP contribution in [0.25, 0.3) is 0 Å². The van der Waals surface area contributed by atoms with Crippen molar-refractivity contribution in [1.29, 1.82) is 0 Å². The largest absolute Gasteiger partial charge is 0.493 e. The average molecular weight is 394 g/mol. The Kier molecular flexibility index (Phi) is 8.79. The Bertz CT molecular complexity index is 699. The second kappa shape index (κ2) is 11.1. The lowest BCUT2D eigenvalue weighted by Crippen LogP contribution is -2.25. The SMILES string of the molecule is CCCOc1ccccc1CCCNC(=O)CCc1c(Cl)cccc1Cl. The summed E-state index contributed by atoms with van der Waals surface area (Å²) in [6.45, 7) is 3.45. The summed E-state index contributed by atoms with van der Waals surface area (Å²) in [7, 11) is 0. The van der Waals surface area contributed by atoms with Gasteiger partial charge in [0.05, 0.1) is 6.61 Å². The molecule has 0 aromatic heterocycles. The summed E-state index contributed by atoms with van der Waals surface area (Å²) in [4.78, 5) is 12.0. The highest BCUT2D eigenvalue weighted by Gasteiger charge is 2.09. The lowest BCUT2D eigenvalue weighted by molar-refractivity contribution is -0.121. The van der Waals surface area contributed by atoms with E-state index in [1.807, 2.05) is 18.2 Å². The third kappa shape index (κ3) is 6.54. The molecule has 0 heterocycles. The van der Waals surface area contributed by atoms with Crippen LogP contribution in [0.2, 0.25) is 10.0 Å². The van der Waals surface area contributed by atoms with Gasteiger partial charge in [-0.05, 0) is 55.0 Å². The van der Waals surface area contributed by atoms with Crippen molar-refractivity contribution < 1.29 is 9.53 Å². The van der Waals surface area contributed by atoms with Crippen molar-refractivity contribution >= 4 is 29.1 Å². The number of benzene rings is 2. The summed E-state index contributed by atoms with van der Waals surface area (Å²) in [5.74, 6) is 0.950. The highest BCUT2D eigenvalue weighted by Crippen LogP contribution is 2.25. The van der Waals surface area contributed by atoms with Gasteiger partial charge < -0.3 is 10.1 Å². The van der Waals surface area contributed by atoms with Crippen LogP contribution in [0.3, 0.4) is 0 Å². The third-order valence-electron chi connectivity index (χ3n) is 4.04. The molecule has 0 aliphatic carbocycles. The lowest BCUT2D eigenvalue weighted by atomic mass is 10.1. The van der Waals surface area contributed by atoms with Gasteiger partial charge in [0.2, 0.25) is 5.91 Å². The van der Waals surface area contributed by atoms with E-state index in [2.05, 4.69) is 18.3 Å². The average Bonchev–Trinajstić information content (AvgIpc) is 2.64. The van der Waals surface area contributed by atoms with Crippen LogP contribution < -0.4 is 10.1 Å². The molecule has 3 nitrogen and oxygen atoms in total. The van der Waals surface area contributed by atoms with Crippen LogP contribution in [-0.2, 0) is 17.6 Å². The number of ether oxygens (including phenoxy) is 1. The summed E-state index contributed by atoms with van der Waals surface area (Å²) in [6, 6.07) is 13.5. The Morgan fingerprint density at radius 2 is 1.77 bits per heavy atom. The zero-order chi connectivity index (χ0) is 18.8. The molecule has 0 bridgehead atoms. The molecule has 2 aromatic rings. The molecule has 0 spiro atoms. The molecule has 0 aliphatic heterocycles. The highest BCUT2D eigenvalue weighted by atomic mass is 35.5. The molecule has 0 aliphatic rings. The molecule has 0 saturated heterocycles. The molecule has 0 saturated carbocycles. The van der Waals surface area contributed by atoms with Crippen LogP contribution in [0.15, 0.2) is 42.5 Å². The molecule has 140 valence electrons. The molecule has 0 atom stereocenters. The number of hydrogen-bond acceptors (Lipinski definition) is 2. The number of carbonyl (C=O) groups is 1. The molecule has 0 fully saturated rings. The normalized spacial score (nSPS) is 10.6. The number of para-hydroxylation sites is 1. The van der Waals surface area contributed by atoms with Crippen molar-refractivity contribution in [2.45, 2.75) is 39.0 Å². The fourth-order valence-electron chi connectivity index (χ4n) is 2.67. The minimum atomic E-state index is 0.0107. The summed E-state index contributed by atoms with van der Waals surface area (Å²) in [5, 5.41) is 4.17. The smallest absolute Gasteiger partial charge is 0.220 e. The number of halogens is 2. The van der Waals surface area contributed by atoms with Gasteiger partial charge in [0.15, 0.2) is 0 Å². The zero-order valence-electron chi connectivity index (χ0n) is 15.1. The number of nitrogens with one attached hydrogen (secondary N) is 1. The maximum atomic E-state index is 12.0. The molecule has 2 rings (SSSR count). The first-order valence-electron chi connectivity index (χ1n) is 9.02. The maximum absolute atomic E-state index is 12.0. The molecule has 0 unspecified atom stereocenters. The van der Waals surface area contributed by atoms with Crippen molar-refractivity contribution in [2.75, 3.05) is 13.2 Å². The van der Waals surface area contributed by atoms with E-state index in [1.54, 1.807) is 18.2 Å². The first-order valence-corrected chi connectivity index (χ1v) is 9.77. The molecule has 0 radical (unpaired) electrons. The second-order valence-electron chi connectivity index (χ2n) is 6.11. The number of hydrogen-bond donors (Lipinski definition) is 1. The van der Waals surface area contributed by atoms with Crippen molar-refractivity contribution in [1.82, 2.24) is 5.32 Å². The van der Waals surface area contributed by atoms with Crippen molar-refractivity contribution in [2.24, 2.45) is 0 Å². The van der Waals surface area contributed by atoms with Gasteiger partial charge in [0.25, 0.3) is 0 Å². The van der Waals surface area contributed by atoms with Gasteiger partial charge in [0, 0.05) is 23.0 Å². The van der Waals surface area contributed by atoms with Crippen LogP contribution >= 0.6 is 23.2 Å². The first-order chi connectivity index (χ1) is 12.6. The van der Waals surface area contributed by atoms with Gasteiger partial charge in [-0.1, -0.05) is 54.4 Å². The summed E-state index contributed by atoms with van der Waals surface area (Å²) in [5.41, 5.74) is 2.01. The van der Waals surface area contributed by atoms with Crippen LogP contribution in [0.1, 0.15) is 37.3 Å².